The zero-order valence-corrected chi connectivity index (χ0v) is 17.0. The van der Waals surface area contributed by atoms with E-state index in [-0.39, 0.29) is 6.54 Å². The van der Waals surface area contributed by atoms with Crippen LogP contribution in [-0.2, 0) is 25.6 Å². The number of rotatable bonds is 9. The van der Waals surface area contributed by atoms with E-state index >= 15 is 0 Å². The molecule has 2 aromatic carbocycles. The van der Waals surface area contributed by atoms with Gasteiger partial charge in [0, 0.05) is 12.6 Å². The van der Waals surface area contributed by atoms with Gasteiger partial charge in [-0.1, -0.05) is 18.2 Å². The Labute approximate surface area is 174 Å². The summed E-state index contributed by atoms with van der Waals surface area (Å²) in [6.07, 6.45) is 2.72. The van der Waals surface area contributed by atoms with Gasteiger partial charge in [-0.15, -0.1) is 0 Å². The molecule has 2 rings (SSSR count). The third-order valence-electron chi connectivity index (χ3n) is 4.03. The number of hydrogen-bond donors (Lipinski definition) is 1. The Balaban J connectivity index is 1.78. The maximum atomic E-state index is 11.9. The molecule has 0 saturated carbocycles. The van der Waals surface area contributed by atoms with Crippen LogP contribution < -0.4 is 14.8 Å². The Morgan fingerprint density at radius 2 is 1.63 bits per heavy atom. The van der Waals surface area contributed by atoms with Crippen molar-refractivity contribution in [2.75, 3.05) is 27.9 Å². The minimum Gasteiger partial charge on any atom is -0.493 e. The molecule has 0 fully saturated rings. The van der Waals surface area contributed by atoms with Gasteiger partial charge in [0.2, 0.25) is 0 Å². The van der Waals surface area contributed by atoms with Gasteiger partial charge in [0.05, 0.1) is 26.9 Å². The van der Waals surface area contributed by atoms with Crippen molar-refractivity contribution in [2.24, 2.45) is 0 Å². The summed E-state index contributed by atoms with van der Waals surface area (Å²) in [7, 11) is 4.37. The first-order valence-corrected chi connectivity index (χ1v) is 8.97. The summed E-state index contributed by atoms with van der Waals surface area (Å²) >= 11 is 0. The van der Waals surface area contributed by atoms with Crippen LogP contribution in [0.4, 0.5) is 0 Å². The first-order chi connectivity index (χ1) is 14.5. The summed E-state index contributed by atoms with van der Waals surface area (Å²) in [5.74, 6) is -0.389. The van der Waals surface area contributed by atoms with Crippen LogP contribution in [0, 0.1) is 0 Å². The average molecular weight is 413 g/mol. The van der Waals surface area contributed by atoms with Crippen LogP contribution in [0.2, 0.25) is 0 Å². The molecule has 0 bridgehead atoms. The molecular weight excluding hydrogens is 390 g/mol. The molecule has 0 heterocycles. The maximum Gasteiger partial charge on any atom is 0.337 e. The number of methoxy groups -OCH3 is 3. The minimum absolute atomic E-state index is 0.249. The Morgan fingerprint density at radius 3 is 2.27 bits per heavy atom. The third kappa shape index (κ3) is 6.66. The molecule has 158 valence electrons. The van der Waals surface area contributed by atoms with E-state index in [9.17, 15) is 14.4 Å². The number of esters is 2. The Kier molecular flexibility index (Phi) is 8.43. The normalized spacial score (nSPS) is 10.4. The summed E-state index contributed by atoms with van der Waals surface area (Å²) in [6, 6.07) is 11.8. The highest BCUT2D eigenvalue weighted by Gasteiger charge is 2.08. The number of benzene rings is 2. The second-order valence-electron chi connectivity index (χ2n) is 6.02. The first-order valence-electron chi connectivity index (χ1n) is 8.97. The van der Waals surface area contributed by atoms with Crippen LogP contribution >= 0.6 is 0 Å². The quantitative estimate of drug-likeness (QED) is 0.498. The molecule has 8 nitrogen and oxygen atoms in total. The van der Waals surface area contributed by atoms with Gasteiger partial charge in [0.15, 0.2) is 18.1 Å². The van der Waals surface area contributed by atoms with Crippen molar-refractivity contribution in [3.05, 3.63) is 65.2 Å². The van der Waals surface area contributed by atoms with Gasteiger partial charge in [0.25, 0.3) is 5.91 Å². The molecule has 8 heteroatoms. The lowest BCUT2D eigenvalue weighted by Gasteiger charge is -2.10. The van der Waals surface area contributed by atoms with E-state index in [4.69, 9.17) is 14.2 Å². The van der Waals surface area contributed by atoms with E-state index in [2.05, 4.69) is 10.1 Å². The molecule has 0 unspecified atom stereocenters. The molecule has 0 aliphatic rings. The fourth-order valence-electron chi connectivity index (χ4n) is 2.44. The topological polar surface area (TPSA) is 100 Å². The highest BCUT2D eigenvalue weighted by Crippen LogP contribution is 2.27. The molecule has 0 radical (unpaired) electrons. The summed E-state index contributed by atoms with van der Waals surface area (Å²) < 4.78 is 19.9. The second kappa shape index (κ2) is 11.3. The Bertz CT molecular complexity index is 920. The highest BCUT2D eigenvalue weighted by atomic mass is 16.5. The van der Waals surface area contributed by atoms with E-state index in [1.54, 1.807) is 49.6 Å². The zero-order valence-electron chi connectivity index (χ0n) is 17.0. The number of hydrogen-bond acceptors (Lipinski definition) is 7. The van der Waals surface area contributed by atoms with Crippen molar-refractivity contribution in [3.8, 4) is 11.5 Å². The Hall–Kier alpha value is -3.81. The fourth-order valence-corrected chi connectivity index (χ4v) is 2.44. The van der Waals surface area contributed by atoms with Gasteiger partial charge < -0.3 is 24.3 Å². The largest absolute Gasteiger partial charge is 0.493 e. The van der Waals surface area contributed by atoms with Crippen molar-refractivity contribution in [2.45, 2.75) is 6.54 Å². The summed E-state index contributed by atoms with van der Waals surface area (Å²) in [6.45, 7) is -0.156. The molecule has 1 amide bonds. The number of ether oxygens (including phenoxy) is 4. The molecular formula is C22H23NO7. The van der Waals surface area contributed by atoms with Crippen molar-refractivity contribution in [3.63, 3.8) is 0 Å². The van der Waals surface area contributed by atoms with Gasteiger partial charge in [-0.3, -0.25) is 4.79 Å². The molecule has 0 aromatic heterocycles. The van der Waals surface area contributed by atoms with Gasteiger partial charge in [-0.2, -0.15) is 0 Å². The van der Waals surface area contributed by atoms with Gasteiger partial charge in [0.1, 0.15) is 0 Å². The van der Waals surface area contributed by atoms with Crippen molar-refractivity contribution in [1.29, 1.82) is 0 Å². The predicted octanol–water partition coefficient (Wildman–Crippen LogP) is 2.36. The molecule has 2 aromatic rings. The predicted molar refractivity (Wildman–Crippen MR) is 109 cm³/mol. The second-order valence-corrected chi connectivity index (χ2v) is 6.02. The lowest BCUT2D eigenvalue weighted by atomic mass is 10.1. The van der Waals surface area contributed by atoms with E-state index in [1.165, 1.54) is 26.4 Å². The minimum atomic E-state index is -0.659. The van der Waals surface area contributed by atoms with Crippen LogP contribution in [0.5, 0.6) is 11.5 Å². The van der Waals surface area contributed by atoms with Crippen LogP contribution in [0.25, 0.3) is 6.08 Å². The van der Waals surface area contributed by atoms with Crippen molar-refractivity contribution < 1.29 is 33.3 Å². The van der Waals surface area contributed by atoms with Gasteiger partial charge >= 0.3 is 11.9 Å². The molecule has 0 aliphatic carbocycles. The number of amides is 1. The Morgan fingerprint density at radius 1 is 0.933 bits per heavy atom. The summed E-state index contributed by atoms with van der Waals surface area (Å²) in [5.41, 5.74) is 1.91. The van der Waals surface area contributed by atoms with E-state index < -0.39 is 24.5 Å². The maximum absolute atomic E-state index is 11.9. The average Bonchev–Trinajstić information content (AvgIpc) is 2.79. The molecule has 0 atom stereocenters. The monoisotopic (exact) mass is 413 g/mol. The van der Waals surface area contributed by atoms with Crippen LogP contribution in [-0.4, -0.2) is 45.8 Å². The smallest absolute Gasteiger partial charge is 0.337 e. The molecule has 0 saturated heterocycles. The van der Waals surface area contributed by atoms with Crippen molar-refractivity contribution >= 4 is 23.9 Å². The third-order valence-corrected chi connectivity index (χ3v) is 4.03. The summed E-state index contributed by atoms with van der Waals surface area (Å²) in [5, 5.41) is 2.66. The molecule has 1 N–H and O–H groups in total. The molecule has 0 aliphatic heterocycles. The number of carbonyl (C=O) groups excluding carboxylic acids is 3. The number of nitrogens with one attached hydrogen (secondary N) is 1. The molecule has 30 heavy (non-hydrogen) atoms. The first kappa shape index (κ1) is 22.5. The number of carbonyl (C=O) groups is 3. The lowest BCUT2D eigenvalue weighted by Crippen LogP contribution is -2.28. The van der Waals surface area contributed by atoms with Gasteiger partial charge in [-0.25, -0.2) is 9.59 Å². The van der Waals surface area contributed by atoms with E-state index in [1.807, 2.05) is 0 Å². The lowest BCUT2D eigenvalue weighted by molar-refractivity contribution is -0.143. The van der Waals surface area contributed by atoms with E-state index in [0.29, 0.717) is 22.6 Å². The summed E-state index contributed by atoms with van der Waals surface area (Å²) in [4.78, 5) is 35.0. The highest BCUT2D eigenvalue weighted by molar-refractivity contribution is 5.91. The standard InChI is InChI=1S/C22H23NO7/c1-27-18-10-6-16(12-19(18)28-2)13-23-20(24)14-30-21(25)11-7-15-4-8-17(9-5-15)22(26)29-3/h4-12H,13-14H2,1-3H3,(H,23,24)/b11-7+. The zero-order chi connectivity index (χ0) is 21.9. The fraction of sp³-hybridized carbons (Fsp3) is 0.227. The van der Waals surface area contributed by atoms with Crippen LogP contribution in [0.3, 0.4) is 0 Å². The SMILES string of the molecule is COC(=O)c1ccc(/C=C/C(=O)OCC(=O)NCc2ccc(OC)c(OC)c2)cc1. The van der Waals surface area contributed by atoms with Crippen LogP contribution in [0.1, 0.15) is 21.5 Å². The van der Waals surface area contributed by atoms with Crippen molar-refractivity contribution in [1.82, 2.24) is 5.32 Å². The van der Waals surface area contributed by atoms with E-state index in [0.717, 1.165) is 5.56 Å². The van der Waals surface area contributed by atoms with Crippen LogP contribution in [0.15, 0.2) is 48.5 Å². The molecule has 0 spiro atoms. The van der Waals surface area contributed by atoms with Gasteiger partial charge in [-0.05, 0) is 41.5 Å².